The summed E-state index contributed by atoms with van der Waals surface area (Å²) >= 11 is 12.1. The Kier molecular flexibility index (Phi) is 6.52. The van der Waals surface area contributed by atoms with Gasteiger partial charge in [-0.3, -0.25) is 4.79 Å². The Bertz CT molecular complexity index is 719. The van der Waals surface area contributed by atoms with Crippen LogP contribution in [0.5, 0.6) is 0 Å². The zero-order chi connectivity index (χ0) is 16.4. The predicted molar refractivity (Wildman–Crippen MR) is 98.5 cm³/mol. The highest BCUT2D eigenvalue weighted by atomic mass is 35.5. The van der Waals surface area contributed by atoms with Crippen molar-refractivity contribution < 1.29 is 4.79 Å². The molecule has 2 aromatic rings. The van der Waals surface area contributed by atoms with Gasteiger partial charge in [0.15, 0.2) is 0 Å². The fourth-order valence-corrected chi connectivity index (χ4v) is 3.49. The first kappa shape index (κ1) is 19.1. The molecule has 5 nitrogen and oxygen atoms in total. The predicted octanol–water partition coefficient (Wildman–Crippen LogP) is 3.46. The van der Waals surface area contributed by atoms with Crippen LogP contribution in [0.1, 0.15) is 29.6 Å². The summed E-state index contributed by atoms with van der Waals surface area (Å²) < 4.78 is 1.57. The van der Waals surface area contributed by atoms with E-state index in [4.69, 9.17) is 28.9 Å². The molecular weight excluding hydrogens is 371 g/mol. The van der Waals surface area contributed by atoms with Crippen molar-refractivity contribution in [2.75, 3.05) is 6.54 Å². The Morgan fingerprint density at radius 2 is 2.17 bits per heavy atom. The fourth-order valence-electron chi connectivity index (χ4n) is 3.00. The second-order valence-electron chi connectivity index (χ2n) is 5.78. The molecule has 3 rings (SSSR count). The van der Waals surface area contributed by atoms with Gasteiger partial charge in [0.25, 0.3) is 5.91 Å². The van der Waals surface area contributed by atoms with Gasteiger partial charge < -0.3 is 11.1 Å². The first-order valence-electron chi connectivity index (χ1n) is 7.59. The van der Waals surface area contributed by atoms with E-state index < -0.39 is 0 Å². The van der Waals surface area contributed by atoms with E-state index >= 15 is 0 Å². The number of nitrogens with two attached hydrogens (primary N) is 1. The Balaban J connectivity index is 0.00000208. The minimum atomic E-state index is -0.133. The second kappa shape index (κ2) is 8.21. The number of carbonyl (C=O) groups is 1. The molecule has 8 heteroatoms. The number of hydrogen-bond acceptors (Lipinski definition) is 3. The smallest absolute Gasteiger partial charge is 0.254 e. The minimum Gasteiger partial charge on any atom is -0.349 e. The monoisotopic (exact) mass is 388 g/mol. The number of nitrogens with one attached hydrogen (secondary N) is 1. The third-order valence-corrected chi connectivity index (χ3v) is 4.82. The summed E-state index contributed by atoms with van der Waals surface area (Å²) in [4.78, 5) is 12.4. The first-order chi connectivity index (χ1) is 11.1. The van der Waals surface area contributed by atoms with Gasteiger partial charge in [0.1, 0.15) is 0 Å². The van der Waals surface area contributed by atoms with E-state index in [0.717, 1.165) is 19.3 Å². The Morgan fingerprint density at radius 3 is 2.88 bits per heavy atom. The van der Waals surface area contributed by atoms with Gasteiger partial charge in [0.05, 0.1) is 22.5 Å². The molecule has 0 spiro atoms. The third kappa shape index (κ3) is 4.03. The van der Waals surface area contributed by atoms with E-state index in [2.05, 4.69) is 10.4 Å². The Labute approximate surface area is 156 Å². The van der Waals surface area contributed by atoms with Crippen molar-refractivity contribution in [3.05, 3.63) is 46.2 Å². The average molecular weight is 390 g/mol. The maximum atomic E-state index is 12.4. The van der Waals surface area contributed by atoms with Crippen molar-refractivity contribution in [3.8, 4) is 5.69 Å². The number of aromatic nitrogens is 2. The molecule has 1 aliphatic rings. The van der Waals surface area contributed by atoms with E-state index in [1.807, 2.05) is 0 Å². The maximum absolute atomic E-state index is 12.4. The number of carbonyl (C=O) groups excluding carboxylic acids is 1. The van der Waals surface area contributed by atoms with Gasteiger partial charge in [-0.15, -0.1) is 12.4 Å². The third-order valence-electron chi connectivity index (χ3n) is 4.28. The molecule has 2 atom stereocenters. The van der Waals surface area contributed by atoms with Gasteiger partial charge in [-0.25, -0.2) is 4.68 Å². The molecular formula is C16H19Cl3N4O. The van der Waals surface area contributed by atoms with Gasteiger partial charge in [0.2, 0.25) is 0 Å². The summed E-state index contributed by atoms with van der Waals surface area (Å²) in [5.41, 5.74) is 6.93. The topological polar surface area (TPSA) is 72.9 Å². The van der Waals surface area contributed by atoms with Crippen molar-refractivity contribution in [1.82, 2.24) is 15.1 Å². The van der Waals surface area contributed by atoms with Gasteiger partial charge in [-0.05, 0) is 43.5 Å². The van der Waals surface area contributed by atoms with E-state index in [0.29, 0.717) is 33.8 Å². The molecule has 0 radical (unpaired) electrons. The van der Waals surface area contributed by atoms with Crippen LogP contribution in [0.15, 0.2) is 30.6 Å². The lowest BCUT2D eigenvalue weighted by atomic mass is 10.0. The van der Waals surface area contributed by atoms with Crippen molar-refractivity contribution in [3.63, 3.8) is 0 Å². The summed E-state index contributed by atoms with van der Waals surface area (Å²) in [7, 11) is 0. The zero-order valence-electron chi connectivity index (χ0n) is 12.9. The molecule has 1 heterocycles. The Hall–Kier alpha value is -1.27. The van der Waals surface area contributed by atoms with E-state index in [-0.39, 0.29) is 24.4 Å². The average Bonchev–Trinajstić information content (AvgIpc) is 3.16. The van der Waals surface area contributed by atoms with Gasteiger partial charge in [0, 0.05) is 17.3 Å². The molecule has 1 saturated carbocycles. The molecule has 0 aliphatic heterocycles. The lowest BCUT2D eigenvalue weighted by Crippen LogP contribution is -2.39. The van der Waals surface area contributed by atoms with Crippen LogP contribution >= 0.6 is 35.6 Å². The summed E-state index contributed by atoms with van der Waals surface area (Å²) in [5, 5.41) is 8.31. The second-order valence-corrected chi connectivity index (χ2v) is 6.62. The molecule has 0 saturated heterocycles. The first-order valence-corrected chi connectivity index (χ1v) is 8.35. The van der Waals surface area contributed by atoms with Crippen molar-refractivity contribution in [1.29, 1.82) is 0 Å². The van der Waals surface area contributed by atoms with Crippen molar-refractivity contribution in [2.24, 2.45) is 11.7 Å². The summed E-state index contributed by atoms with van der Waals surface area (Å²) in [6.07, 6.45) is 6.35. The quantitative estimate of drug-likeness (QED) is 0.841. The van der Waals surface area contributed by atoms with Crippen LogP contribution in [0.2, 0.25) is 10.0 Å². The van der Waals surface area contributed by atoms with Crippen LogP contribution in [0.3, 0.4) is 0 Å². The molecule has 2 unspecified atom stereocenters. The highest BCUT2D eigenvalue weighted by Gasteiger charge is 2.27. The summed E-state index contributed by atoms with van der Waals surface area (Å²) in [6.45, 7) is 0.602. The van der Waals surface area contributed by atoms with Crippen LogP contribution < -0.4 is 11.1 Å². The SMILES string of the molecule is Cl.NCC1CCCC1NC(=O)c1cnn(-c2ccc(Cl)cc2Cl)c1. The van der Waals surface area contributed by atoms with E-state index in [9.17, 15) is 4.79 Å². The number of nitrogens with zero attached hydrogens (tertiary/aromatic N) is 2. The molecule has 130 valence electrons. The molecule has 3 N–H and O–H groups in total. The zero-order valence-corrected chi connectivity index (χ0v) is 15.2. The van der Waals surface area contributed by atoms with E-state index in [1.54, 1.807) is 29.1 Å². The highest BCUT2D eigenvalue weighted by Crippen LogP contribution is 2.26. The number of halogens is 3. The van der Waals surface area contributed by atoms with Gasteiger partial charge in [-0.2, -0.15) is 5.10 Å². The van der Waals surface area contributed by atoms with Gasteiger partial charge >= 0.3 is 0 Å². The molecule has 1 aromatic carbocycles. The van der Waals surface area contributed by atoms with Crippen LogP contribution in [-0.2, 0) is 0 Å². The number of rotatable bonds is 4. The highest BCUT2D eigenvalue weighted by molar-refractivity contribution is 6.35. The number of hydrogen-bond donors (Lipinski definition) is 2. The molecule has 24 heavy (non-hydrogen) atoms. The van der Waals surface area contributed by atoms with E-state index in [1.165, 1.54) is 6.20 Å². The maximum Gasteiger partial charge on any atom is 0.254 e. The van der Waals surface area contributed by atoms with Gasteiger partial charge in [-0.1, -0.05) is 29.6 Å². The summed E-state index contributed by atoms with van der Waals surface area (Å²) in [6, 6.07) is 5.29. The number of benzene rings is 1. The van der Waals surface area contributed by atoms with Crippen LogP contribution in [-0.4, -0.2) is 28.3 Å². The molecule has 1 amide bonds. The standard InChI is InChI=1S/C16H18Cl2N4O.ClH/c17-12-4-5-15(13(18)6-12)22-9-11(8-20-22)16(23)21-14-3-1-2-10(14)7-19;/h4-6,8-10,14H,1-3,7,19H2,(H,21,23);1H. The number of amides is 1. The lowest BCUT2D eigenvalue weighted by molar-refractivity contribution is 0.0929. The molecule has 0 bridgehead atoms. The van der Waals surface area contributed by atoms with Crippen LogP contribution in [0.25, 0.3) is 5.69 Å². The van der Waals surface area contributed by atoms with Crippen LogP contribution in [0.4, 0.5) is 0 Å². The fraction of sp³-hybridized carbons (Fsp3) is 0.375. The van der Waals surface area contributed by atoms with Crippen molar-refractivity contribution >= 4 is 41.5 Å². The molecule has 1 aliphatic carbocycles. The normalized spacial score (nSPS) is 19.8. The lowest BCUT2D eigenvalue weighted by Gasteiger charge is -2.18. The molecule has 1 fully saturated rings. The van der Waals surface area contributed by atoms with Crippen molar-refractivity contribution in [2.45, 2.75) is 25.3 Å². The minimum absolute atomic E-state index is 0. The molecule has 1 aromatic heterocycles. The Morgan fingerprint density at radius 1 is 1.38 bits per heavy atom. The summed E-state index contributed by atoms with van der Waals surface area (Å²) in [5.74, 6) is 0.228. The van der Waals surface area contributed by atoms with Crippen LogP contribution in [0, 0.1) is 5.92 Å². The largest absolute Gasteiger partial charge is 0.349 e.